The number of ether oxygens (including phenoxy) is 1. The summed E-state index contributed by atoms with van der Waals surface area (Å²) in [5, 5.41) is 16.1. The zero-order valence-corrected chi connectivity index (χ0v) is 22.5. The zero-order chi connectivity index (χ0) is 22.8. The summed E-state index contributed by atoms with van der Waals surface area (Å²) in [7, 11) is 1.72. The Morgan fingerprint density at radius 1 is 1.12 bits per heavy atom. The summed E-state index contributed by atoms with van der Waals surface area (Å²) in [5.41, 5.74) is 4.89. The van der Waals surface area contributed by atoms with Crippen molar-refractivity contribution in [2.45, 2.75) is 39.7 Å². The SMILES string of the molecule is CCNC(=NCc1ccc(N2CCC(CO)CC2)cc1)NCCc1cc(C)ccc1OC.I. The molecular formula is C26H39IN4O2. The number of aliphatic imine (C=N–C) groups is 1. The van der Waals surface area contributed by atoms with Gasteiger partial charge in [-0.3, -0.25) is 0 Å². The number of nitrogens with zero attached hydrogens (tertiary/aromatic N) is 2. The maximum absolute atomic E-state index is 9.33. The number of hydrogen-bond acceptors (Lipinski definition) is 4. The molecule has 2 aromatic rings. The van der Waals surface area contributed by atoms with Crippen LogP contribution in [0.25, 0.3) is 0 Å². The monoisotopic (exact) mass is 566 g/mol. The molecule has 6 nitrogen and oxygen atoms in total. The Hall–Kier alpha value is -2.00. The van der Waals surface area contributed by atoms with Gasteiger partial charge in [0.25, 0.3) is 0 Å². The van der Waals surface area contributed by atoms with Crippen LogP contribution in [0.4, 0.5) is 5.69 Å². The van der Waals surface area contributed by atoms with Gasteiger partial charge in [0.1, 0.15) is 5.75 Å². The van der Waals surface area contributed by atoms with Gasteiger partial charge in [-0.15, -0.1) is 24.0 Å². The first-order valence-electron chi connectivity index (χ1n) is 11.7. The highest BCUT2D eigenvalue weighted by Crippen LogP contribution is 2.23. The molecule has 1 aliphatic rings. The lowest BCUT2D eigenvalue weighted by Crippen LogP contribution is -2.38. The molecular weight excluding hydrogens is 527 g/mol. The second kappa shape index (κ2) is 14.3. The van der Waals surface area contributed by atoms with Crippen molar-refractivity contribution in [3.8, 4) is 5.75 Å². The number of aliphatic hydroxyl groups is 1. The lowest BCUT2D eigenvalue weighted by Gasteiger charge is -2.32. The maximum Gasteiger partial charge on any atom is 0.191 e. The van der Waals surface area contributed by atoms with E-state index in [0.29, 0.717) is 19.1 Å². The molecule has 1 fully saturated rings. The molecule has 33 heavy (non-hydrogen) atoms. The Bertz CT molecular complexity index is 865. The Labute approximate surface area is 215 Å². The van der Waals surface area contributed by atoms with Crippen LogP contribution in [0.15, 0.2) is 47.5 Å². The highest BCUT2D eigenvalue weighted by Gasteiger charge is 2.18. The fourth-order valence-corrected chi connectivity index (χ4v) is 4.12. The molecule has 0 bridgehead atoms. The minimum Gasteiger partial charge on any atom is -0.496 e. The molecule has 2 aromatic carbocycles. The summed E-state index contributed by atoms with van der Waals surface area (Å²) < 4.78 is 5.49. The molecule has 0 atom stereocenters. The van der Waals surface area contributed by atoms with Gasteiger partial charge >= 0.3 is 0 Å². The van der Waals surface area contributed by atoms with E-state index < -0.39 is 0 Å². The summed E-state index contributed by atoms with van der Waals surface area (Å²) in [4.78, 5) is 7.17. The van der Waals surface area contributed by atoms with E-state index in [4.69, 9.17) is 9.73 Å². The van der Waals surface area contributed by atoms with Gasteiger partial charge in [-0.1, -0.05) is 29.8 Å². The van der Waals surface area contributed by atoms with Crippen molar-refractivity contribution >= 4 is 35.6 Å². The van der Waals surface area contributed by atoms with Crippen molar-refractivity contribution in [2.75, 3.05) is 44.8 Å². The summed E-state index contributed by atoms with van der Waals surface area (Å²) >= 11 is 0. The number of guanidine groups is 1. The van der Waals surface area contributed by atoms with Gasteiger partial charge in [0.05, 0.1) is 13.7 Å². The lowest BCUT2D eigenvalue weighted by molar-refractivity contribution is 0.203. The zero-order valence-electron chi connectivity index (χ0n) is 20.1. The Kier molecular flexibility index (Phi) is 11.8. The van der Waals surface area contributed by atoms with Crippen LogP contribution in [-0.4, -0.2) is 51.0 Å². The van der Waals surface area contributed by atoms with Gasteiger partial charge in [0.2, 0.25) is 0 Å². The van der Waals surface area contributed by atoms with Crippen LogP contribution in [0, 0.1) is 12.8 Å². The second-order valence-corrected chi connectivity index (χ2v) is 8.47. The van der Waals surface area contributed by atoms with Crippen LogP contribution in [0.2, 0.25) is 0 Å². The number of rotatable bonds is 9. The molecule has 0 unspecified atom stereocenters. The molecule has 0 amide bonds. The Morgan fingerprint density at radius 2 is 1.85 bits per heavy atom. The molecule has 3 rings (SSSR count). The number of halogens is 1. The predicted molar refractivity (Wildman–Crippen MR) is 148 cm³/mol. The first-order chi connectivity index (χ1) is 15.6. The normalized spacial score (nSPS) is 14.5. The van der Waals surface area contributed by atoms with Crippen molar-refractivity contribution in [3.05, 3.63) is 59.2 Å². The number of hydrogen-bond donors (Lipinski definition) is 3. The van der Waals surface area contributed by atoms with Crippen LogP contribution < -0.4 is 20.3 Å². The molecule has 0 spiro atoms. The third-order valence-electron chi connectivity index (χ3n) is 6.06. The number of benzene rings is 2. The van der Waals surface area contributed by atoms with Crippen molar-refractivity contribution < 1.29 is 9.84 Å². The summed E-state index contributed by atoms with van der Waals surface area (Å²) in [6, 6.07) is 15.0. The molecule has 182 valence electrons. The van der Waals surface area contributed by atoms with Crippen LogP contribution in [0.3, 0.4) is 0 Å². The minimum atomic E-state index is 0. The minimum absolute atomic E-state index is 0. The number of anilines is 1. The van der Waals surface area contributed by atoms with Crippen molar-refractivity contribution in [1.82, 2.24) is 10.6 Å². The van der Waals surface area contributed by atoms with Crippen LogP contribution in [-0.2, 0) is 13.0 Å². The highest BCUT2D eigenvalue weighted by atomic mass is 127. The lowest BCUT2D eigenvalue weighted by atomic mass is 9.97. The fourth-order valence-electron chi connectivity index (χ4n) is 4.12. The topological polar surface area (TPSA) is 69.1 Å². The second-order valence-electron chi connectivity index (χ2n) is 8.47. The van der Waals surface area contributed by atoms with E-state index in [1.165, 1.54) is 22.4 Å². The predicted octanol–water partition coefficient (Wildman–Crippen LogP) is 4.13. The summed E-state index contributed by atoms with van der Waals surface area (Å²) in [6.07, 6.45) is 3.00. The molecule has 0 aliphatic carbocycles. The Balaban J connectivity index is 0.00000385. The van der Waals surface area contributed by atoms with Crippen molar-refractivity contribution in [2.24, 2.45) is 10.9 Å². The van der Waals surface area contributed by atoms with Gasteiger partial charge in [0.15, 0.2) is 5.96 Å². The molecule has 1 heterocycles. The molecule has 1 aliphatic heterocycles. The summed E-state index contributed by atoms with van der Waals surface area (Å²) in [6.45, 7) is 8.77. The maximum atomic E-state index is 9.33. The van der Waals surface area contributed by atoms with Crippen LogP contribution in [0.1, 0.15) is 36.5 Å². The first-order valence-corrected chi connectivity index (χ1v) is 11.7. The molecule has 0 radical (unpaired) electrons. The standard InChI is InChI=1S/C26H38N4O2.HI/c1-4-27-26(28-14-11-23-17-20(2)5-10-25(23)32-3)29-18-21-6-8-24(9-7-21)30-15-12-22(19-31)13-16-30;/h5-10,17,22,31H,4,11-16,18-19H2,1-3H3,(H2,27,28,29);1H. The summed E-state index contributed by atoms with van der Waals surface area (Å²) in [5.74, 6) is 2.22. The van der Waals surface area contributed by atoms with Crippen molar-refractivity contribution in [1.29, 1.82) is 0 Å². The van der Waals surface area contributed by atoms with E-state index in [2.05, 4.69) is 65.8 Å². The average Bonchev–Trinajstić information content (AvgIpc) is 2.83. The quantitative estimate of drug-likeness (QED) is 0.242. The van der Waals surface area contributed by atoms with Gasteiger partial charge in [-0.2, -0.15) is 0 Å². The molecule has 0 saturated carbocycles. The number of nitrogens with one attached hydrogen (secondary N) is 2. The van der Waals surface area contributed by atoms with E-state index >= 15 is 0 Å². The largest absolute Gasteiger partial charge is 0.496 e. The number of aryl methyl sites for hydroxylation is 1. The number of piperidine rings is 1. The van der Waals surface area contributed by atoms with E-state index in [0.717, 1.165) is 57.2 Å². The third-order valence-corrected chi connectivity index (χ3v) is 6.06. The van der Waals surface area contributed by atoms with Gasteiger partial charge < -0.3 is 25.4 Å². The average molecular weight is 567 g/mol. The van der Waals surface area contributed by atoms with E-state index in [-0.39, 0.29) is 24.0 Å². The van der Waals surface area contributed by atoms with Crippen molar-refractivity contribution in [3.63, 3.8) is 0 Å². The molecule has 0 aromatic heterocycles. The van der Waals surface area contributed by atoms with Gasteiger partial charge in [0, 0.05) is 38.5 Å². The van der Waals surface area contributed by atoms with E-state index in [1.54, 1.807) is 7.11 Å². The van der Waals surface area contributed by atoms with Crippen LogP contribution >= 0.6 is 24.0 Å². The van der Waals surface area contributed by atoms with E-state index in [1.807, 2.05) is 6.07 Å². The van der Waals surface area contributed by atoms with Gasteiger partial charge in [-0.05, 0) is 68.4 Å². The van der Waals surface area contributed by atoms with E-state index in [9.17, 15) is 5.11 Å². The molecule has 3 N–H and O–H groups in total. The Morgan fingerprint density at radius 3 is 2.48 bits per heavy atom. The molecule has 7 heteroatoms. The highest BCUT2D eigenvalue weighted by molar-refractivity contribution is 14.0. The smallest absolute Gasteiger partial charge is 0.191 e. The van der Waals surface area contributed by atoms with Crippen LogP contribution in [0.5, 0.6) is 5.75 Å². The molecule has 1 saturated heterocycles. The number of methoxy groups -OCH3 is 1. The fraction of sp³-hybridized carbons (Fsp3) is 0.500. The first kappa shape index (κ1) is 27.2. The third kappa shape index (κ3) is 8.37. The number of aliphatic hydroxyl groups excluding tert-OH is 1. The van der Waals surface area contributed by atoms with Gasteiger partial charge in [-0.25, -0.2) is 4.99 Å².